The lowest BCUT2D eigenvalue weighted by molar-refractivity contribution is -0.000208. The van der Waals surface area contributed by atoms with Crippen LogP contribution >= 0.6 is 0 Å². The quantitative estimate of drug-likeness (QED) is 0.768. The minimum absolute atomic E-state index is 0.0636. The first-order chi connectivity index (χ1) is 8.66. The number of nitrogens with zero attached hydrogens (tertiary/aromatic N) is 1. The first kappa shape index (κ1) is 13.2. The largest absolute Gasteiger partial charge is 0.379 e. The molecule has 3 nitrogen and oxygen atoms in total. The first-order valence-corrected chi connectivity index (χ1v) is 6.27. The zero-order valence-corrected chi connectivity index (χ0v) is 10.6. The minimum atomic E-state index is -0.312. The molecule has 1 aromatic carbocycles. The summed E-state index contributed by atoms with van der Waals surface area (Å²) in [6.07, 6.45) is 0.468. The molecule has 2 rings (SSSR count). The van der Waals surface area contributed by atoms with Gasteiger partial charge >= 0.3 is 0 Å². The minimum Gasteiger partial charge on any atom is -0.379 e. The van der Waals surface area contributed by atoms with Gasteiger partial charge in [0.2, 0.25) is 0 Å². The maximum absolute atomic E-state index is 12.7. The van der Waals surface area contributed by atoms with Gasteiger partial charge in [-0.2, -0.15) is 0 Å². The Morgan fingerprint density at radius 2 is 2.17 bits per heavy atom. The number of hydrogen-bond donors (Lipinski definition) is 0. The molecule has 0 radical (unpaired) electrons. The maximum Gasteiger partial charge on any atom is 0.164 e. The molecule has 0 aliphatic carbocycles. The van der Waals surface area contributed by atoms with E-state index < -0.39 is 0 Å². The Morgan fingerprint density at radius 1 is 1.44 bits per heavy atom. The SMILES string of the molecule is CC1COCCN1CCC(=O)c1ccc(F)cc1. The van der Waals surface area contributed by atoms with Crippen molar-refractivity contribution in [2.24, 2.45) is 0 Å². The van der Waals surface area contributed by atoms with Crippen LogP contribution in [0.5, 0.6) is 0 Å². The molecule has 98 valence electrons. The normalized spacial score (nSPS) is 20.9. The Morgan fingerprint density at radius 3 is 2.83 bits per heavy atom. The zero-order valence-electron chi connectivity index (χ0n) is 10.6. The molecule has 0 saturated carbocycles. The molecule has 4 heteroatoms. The van der Waals surface area contributed by atoms with E-state index in [4.69, 9.17) is 4.74 Å². The van der Waals surface area contributed by atoms with E-state index in [9.17, 15) is 9.18 Å². The smallest absolute Gasteiger partial charge is 0.164 e. The van der Waals surface area contributed by atoms with Gasteiger partial charge in [0.25, 0.3) is 0 Å². The van der Waals surface area contributed by atoms with E-state index in [2.05, 4.69) is 11.8 Å². The van der Waals surface area contributed by atoms with Crippen molar-refractivity contribution < 1.29 is 13.9 Å². The first-order valence-electron chi connectivity index (χ1n) is 6.27. The van der Waals surface area contributed by atoms with Crippen molar-refractivity contribution in [3.05, 3.63) is 35.6 Å². The molecule has 18 heavy (non-hydrogen) atoms. The number of carbonyl (C=O) groups is 1. The molecule has 1 aromatic rings. The Bertz CT molecular complexity index is 405. The summed E-state index contributed by atoms with van der Waals surface area (Å²) in [4.78, 5) is 14.2. The molecule has 0 aromatic heterocycles. The molecule has 0 spiro atoms. The highest BCUT2D eigenvalue weighted by Crippen LogP contribution is 2.10. The maximum atomic E-state index is 12.7. The molecule has 0 N–H and O–H groups in total. The number of rotatable bonds is 4. The predicted octanol–water partition coefficient (Wildman–Crippen LogP) is 2.12. The van der Waals surface area contributed by atoms with Gasteiger partial charge in [0.1, 0.15) is 5.82 Å². The molecule has 1 atom stereocenters. The third kappa shape index (κ3) is 3.37. The number of ketones is 1. The number of Topliss-reactive ketones (excluding diaryl/α,β-unsaturated/α-hetero) is 1. The molecular weight excluding hydrogens is 233 g/mol. The summed E-state index contributed by atoms with van der Waals surface area (Å²) < 4.78 is 18.1. The highest BCUT2D eigenvalue weighted by Gasteiger charge is 2.19. The Labute approximate surface area is 107 Å². The summed E-state index contributed by atoms with van der Waals surface area (Å²) >= 11 is 0. The van der Waals surface area contributed by atoms with Crippen LogP contribution in [0.25, 0.3) is 0 Å². The summed E-state index contributed by atoms with van der Waals surface area (Å²) in [6, 6.07) is 6.09. The molecule has 1 heterocycles. The number of halogens is 1. The average Bonchev–Trinajstić information content (AvgIpc) is 2.38. The molecule has 0 amide bonds. The van der Waals surface area contributed by atoms with Gasteiger partial charge in [-0.1, -0.05) is 0 Å². The van der Waals surface area contributed by atoms with Crippen molar-refractivity contribution in [3.8, 4) is 0 Å². The molecule has 0 bridgehead atoms. The standard InChI is InChI=1S/C14H18FNO2/c1-11-10-18-9-8-16(11)7-6-14(17)12-2-4-13(15)5-3-12/h2-5,11H,6-10H2,1H3. The second-order valence-electron chi connectivity index (χ2n) is 4.64. The monoisotopic (exact) mass is 251 g/mol. The lowest BCUT2D eigenvalue weighted by Gasteiger charge is -2.32. The number of morpholine rings is 1. The highest BCUT2D eigenvalue weighted by molar-refractivity contribution is 5.96. The van der Waals surface area contributed by atoms with E-state index >= 15 is 0 Å². The topological polar surface area (TPSA) is 29.5 Å². The summed E-state index contributed by atoms with van der Waals surface area (Å²) in [5, 5.41) is 0. The second kappa shape index (κ2) is 6.07. The van der Waals surface area contributed by atoms with Crippen molar-refractivity contribution in [1.82, 2.24) is 4.90 Å². The zero-order chi connectivity index (χ0) is 13.0. The van der Waals surface area contributed by atoms with Crippen molar-refractivity contribution in [2.75, 3.05) is 26.3 Å². The van der Waals surface area contributed by atoms with Crippen LogP contribution in [0, 0.1) is 5.82 Å². The van der Waals surface area contributed by atoms with E-state index in [1.165, 1.54) is 12.1 Å². The fourth-order valence-electron chi connectivity index (χ4n) is 2.12. The van der Waals surface area contributed by atoms with Gasteiger partial charge in [-0.05, 0) is 31.2 Å². The van der Waals surface area contributed by atoms with Gasteiger partial charge in [-0.15, -0.1) is 0 Å². The summed E-state index contributed by atoms with van der Waals surface area (Å²) in [7, 11) is 0. The number of hydrogen-bond acceptors (Lipinski definition) is 3. The predicted molar refractivity (Wildman–Crippen MR) is 67.2 cm³/mol. The van der Waals surface area contributed by atoms with E-state index in [-0.39, 0.29) is 11.6 Å². The van der Waals surface area contributed by atoms with Crippen LogP contribution in [0.4, 0.5) is 4.39 Å². The molecular formula is C14H18FNO2. The van der Waals surface area contributed by atoms with Crippen LogP contribution in [0.3, 0.4) is 0 Å². The number of ether oxygens (including phenoxy) is 1. The van der Waals surface area contributed by atoms with Gasteiger partial charge in [-0.3, -0.25) is 9.69 Å². The van der Waals surface area contributed by atoms with Crippen molar-refractivity contribution in [1.29, 1.82) is 0 Å². The van der Waals surface area contributed by atoms with E-state index in [1.54, 1.807) is 12.1 Å². The van der Waals surface area contributed by atoms with Crippen LogP contribution in [0.2, 0.25) is 0 Å². The van der Waals surface area contributed by atoms with Gasteiger partial charge < -0.3 is 4.74 Å². The summed E-state index contributed by atoms with van der Waals surface area (Å²) in [6.45, 7) is 5.17. The second-order valence-corrected chi connectivity index (χ2v) is 4.64. The lowest BCUT2D eigenvalue weighted by atomic mass is 10.1. The number of carbonyl (C=O) groups excluding carboxylic acids is 1. The van der Waals surface area contributed by atoms with Crippen molar-refractivity contribution in [2.45, 2.75) is 19.4 Å². The van der Waals surface area contributed by atoms with Crippen LogP contribution < -0.4 is 0 Å². The molecule has 1 aliphatic heterocycles. The van der Waals surface area contributed by atoms with Crippen molar-refractivity contribution in [3.63, 3.8) is 0 Å². The third-order valence-corrected chi connectivity index (χ3v) is 3.30. The van der Waals surface area contributed by atoms with Crippen LogP contribution in [0.1, 0.15) is 23.7 Å². The van der Waals surface area contributed by atoms with E-state index in [0.29, 0.717) is 18.0 Å². The Hall–Kier alpha value is -1.26. The number of benzene rings is 1. The molecule has 1 aliphatic rings. The van der Waals surface area contributed by atoms with Gasteiger partial charge in [0.15, 0.2) is 5.78 Å². The van der Waals surface area contributed by atoms with Crippen LogP contribution in [0.15, 0.2) is 24.3 Å². The van der Waals surface area contributed by atoms with Gasteiger partial charge in [-0.25, -0.2) is 4.39 Å². The van der Waals surface area contributed by atoms with E-state index in [0.717, 1.165) is 26.3 Å². The van der Waals surface area contributed by atoms with Crippen LogP contribution in [-0.2, 0) is 4.74 Å². The third-order valence-electron chi connectivity index (χ3n) is 3.30. The van der Waals surface area contributed by atoms with E-state index in [1.807, 2.05) is 0 Å². The van der Waals surface area contributed by atoms with Gasteiger partial charge in [0.05, 0.1) is 13.2 Å². The van der Waals surface area contributed by atoms with Crippen LogP contribution in [-0.4, -0.2) is 43.0 Å². The van der Waals surface area contributed by atoms with Crippen molar-refractivity contribution >= 4 is 5.78 Å². The Kier molecular flexibility index (Phi) is 4.44. The lowest BCUT2D eigenvalue weighted by Crippen LogP contribution is -2.44. The summed E-state index contributed by atoms with van der Waals surface area (Å²) in [5.74, 6) is -0.248. The molecule has 1 fully saturated rings. The fourth-order valence-corrected chi connectivity index (χ4v) is 2.12. The summed E-state index contributed by atoms with van der Waals surface area (Å²) in [5.41, 5.74) is 0.581. The highest BCUT2D eigenvalue weighted by atomic mass is 19.1. The molecule has 1 unspecified atom stereocenters. The molecule has 1 saturated heterocycles. The van der Waals surface area contributed by atoms with Gasteiger partial charge in [0, 0.05) is 31.1 Å². The Balaban J connectivity index is 1.86. The average molecular weight is 251 g/mol. The fraction of sp³-hybridized carbons (Fsp3) is 0.500.